The first kappa shape index (κ1) is 12.7. The molecular weight excluding hydrogens is 232 g/mol. The molecule has 1 aromatic carbocycles. The second kappa shape index (κ2) is 4.86. The number of ether oxygens (including phenoxy) is 1. The van der Waals surface area contributed by atoms with E-state index in [1.165, 1.54) is 6.07 Å². The lowest BCUT2D eigenvalue weighted by Gasteiger charge is -2.40. The lowest BCUT2D eigenvalue weighted by molar-refractivity contribution is -0.0601. The van der Waals surface area contributed by atoms with Gasteiger partial charge in [0.1, 0.15) is 0 Å². The summed E-state index contributed by atoms with van der Waals surface area (Å²) in [5.41, 5.74) is 6.68. The highest BCUT2D eigenvalue weighted by Gasteiger charge is 2.36. The monoisotopic (exact) mass is 250 g/mol. The molecule has 0 saturated heterocycles. The highest BCUT2D eigenvalue weighted by atomic mass is 16.5. The number of carbonyl (C=O) groups is 1. The van der Waals surface area contributed by atoms with Crippen LogP contribution in [0.5, 0.6) is 0 Å². The molecule has 0 spiro atoms. The van der Waals surface area contributed by atoms with Gasteiger partial charge in [0.2, 0.25) is 0 Å². The highest BCUT2D eigenvalue weighted by molar-refractivity contribution is 5.95. The zero-order chi connectivity index (χ0) is 13.2. The van der Waals surface area contributed by atoms with Crippen LogP contribution >= 0.6 is 0 Å². The van der Waals surface area contributed by atoms with E-state index in [0.717, 1.165) is 19.3 Å². The molecule has 5 heteroatoms. The Kier molecular flexibility index (Phi) is 3.43. The van der Waals surface area contributed by atoms with E-state index in [1.54, 1.807) is 19.2 Å². The average Bonchev–Trinajstić information content (AvgIpc) is 2.29. The number of carboxylic acids is 1. The van der Waals surface area contributed by atoms with Crippen LogP contribution in [0.2, 0.25) is 0 Å². The summed E-state index contributed by atoms with van der Waals surface area (Å²) in [5, 5.41) is 12.3. The van der Waals surface area contributed by atoms with Crippen molar-refractivity contribution in [1.82, 2.24) is 0 Å². The van der Waals surface area contributed by atoms with Crippen LogP contribution in [0.25, 0.3) is 0 Å². The molecule has 1 aliphatic carbocycles. The first-order chi connectivity index (χ1) is 8.56. The van der Waals surface area contributed by atoms with Gasteiger partial charge < -0.3 is 20.9 Å². The van der Waals surface area contributed by atoms with Crippen LogP contribution in [-0.2, 0) is 4.74 Å². The number of nitrogens with one attached hydrogen (secondary N) is 1. The molecule has 0 aromatic heterocycles. The summed E-state index contributed by atoms with van der Waals surface area (Å²) in [6, 6.07) is 4.85. The Balaban J connectivity index is 2.11. The maximum Gasteiger partial charge on any atom is 0.337 e. The summed E-state index contributed by atoms with van der Waals surface area (Å²) in [7, 11) is 1.70. The number of hydrogen-bond donors (Lipinski definition) is 3. The number of aromatic carboxylic acids is 1. The third kappa shape index (κ3) is 2.41. The Bertz CT molecular complexity index is 450. The number of hydrogen-bond acceptors (Lipinski definition) is 4. The minimum atomic E-state index is -0.982. The molecule has 2 rings (SSSR count). The second-order valence-corrected chi connectivity index (χ2v) is 4.70. The first-order valence-corrected chi connectivity index (χ1v) is 5.98. The molecule has 0 unspecified atom stereocenters. The Morgan fingerprint density at radius 1 is 1.56 bits per heavy atom. The number of benzene rings is 1. The maximum atomic E-state index is 11.1. The quantitative estimate of drug-likeness (QED) is 0.695. The van der Waals surface area contributed by atoms with Crippen LogP contribution in [0.15, 0.2) is 18.2 Å². The van der Waals surface area contributed by atoms with Crippen molar-refractivity contribution in [3.8, 4) is 0 Å². The summed E-state index contributed by atoms with van der Waals surface area (Å²) in [6.45, 7) is 0.619. The van der Waals surface area contributed by atoms with E-state index in [4.69, 9.17) is 15.6 Å². The van der Waals surface area contributed by atoms with Crippen molar-refractivity contribution in [3.05, 3.63) is 23.8 Å². The van der Waals surface area contributed by atoms with Crippen molar-refractivity contribution in [3.63, 3.8) is 0 Å². The lowest BCUT2D eigenvalue weighted by atomic mass is 9.80. The molecule has 0 amide bonds. The van der Waals surface area contributed by atoms with Crippen molar-refractivity contribution in [2.45, 2.75) is 24.9 Å². The van der Waals surface area contributed by atoms with E-state index in [9.17, 15) is 4.79 Å². The van der Waals surface area contributed by atoms with Crippen LogP contribution in [0.3, 0.4) is 0 Å². The van der Waals surface area contributed by atoms with E-state index >= 15 is 0 Å². The van der Waals surface area contributed by atoms with Crippen LogP contribution in [-0.4, -0.2) is 30.3 Å². The number of rotatable bonds is 5. The standard InChI is InChI=1S/C13H18N2O3/c1-18-13(5-2-6-13)8-15-11-4-3-9(14)7-10(11)12(16)17/h3-4,7,15H,2,5-6,8,14H2,1H3,(H,16,17). The fourth-order valence-electron chi connectivity index (χ4n) is 2.17. The number of carboxylic acid groups (broad SMARTS) is 1. The molecule has 18 heavy (non-hydrogen) atoms. The molecule has 1 fully saturated rings. The molecule has 0 aliphatic heterocycles. The molecule has 1 aromatic rings. The van der Waals surface area contributed by atoms with E-state index < -0.39 is 5.97 Å². The van der Waals surface area contributed by atoms with Crippen LogP contribution in [0, 0.1) is 0 Å². The van der Waals surface area contributed by atoms with E-state index in [-0.39, 0.29) is 11.2 Å². The van der Waals surface area contributed by atoms with Gasteiger partial charge in [-0.15, -0.1) is 0 Å². The van der Waals surface area contributed by atoms with Gasteiger partial charge in [-0.25, -0.2) is 4.79 Å². The smallest absolute Gasteiger partial charge is 0.337 e. The minimum Gasteiger partial charge on any atom is -0.478 e. The predicted octanol–water partition coefficient (Wildman–Crippen LogP) is 1.95. The molecule has 0 heterocycles. The maximum absolute atomic E-state index is 11.1. The number of nitrogen functional groups attached to an aromatic ring is 1. The minimum absolute atomic E-state index is 0.142. The van der Waals surface area contributed by atoms with Crippen molar-refractivity contribution in [2.75, 3.05) is 24.7 Å². The first-order valence-electron chi connectivity index (χ1n) is 5.98. The third-order valence-corrected chi connectivity index (χ3v) is 3.57. The van der Waals surface area contributed by atoms with E-state index in [2.05, 4.69) is 5.32 Å². The van der Waals surface area contributed by atoms with Crippen molar-refractivity contribution < 1.29 is 14.6 Å². The van der Waals surface area contributed by atoms with E-state index in [1.807, 2.05) is 0 Å². The molecular formula is C13H18N2O3. The summed E-state index contributed by atoms with van der Waals surface area (Å²) in [4.78, 5) is 11.1. The van der Waals surface area contributed by atoms with Gasteiger partial charge in [0.25, 0.3) is 0 Å². The molecule has 0 radical (unpaired) electrons. The molecule has 98 valence electrons. The molecule has 1 saturated carbocycles. The number of anilines is 2. The van der Waals surface area contributed by atoms with Crippen molar-refractivity contribution in [1.29, 1.82) is 0 Å². The topological polar surface area (TPSA) is 84.6 Å². The Morgan fingerprint density at radius 2 is 2.28 bits per heavy atom. The van der Waals surface area contributed by atoms with Crippen LogP contribution in [0.4, 0.5) is 11.4 Å². The fourth-order valence-corrected chi connectivity index (χ4v) is 2.17. The van der Waals surface area contributed by atoms with Crippen LogP contribution in [0.1, 0.15) is 29.6 Å². The summed E-state index contributed by atoms with van der Waals surface area (Å²) in [5.74, 6) is -0.982. The van der Waals surface area contributed by atoms with Gasteiger partial charge in [-0.1, -0.05) is 0 Å². The number of methoxy groups -OCH3 is 1. The van der Waals surface area contributed by atoms with Crippen molar-refractivity contribution >= 4 is 17.3 Å². The summed E-state index contributed by atoms with van der Waals surface area (Å²) < 4.78 is 5.48. The Morgan fingerprint density at radius 3 is 2.78 bits per heavy atom. The Labute approximate surface area is 106 Å². The molecule has 4 N–H and O–H groups in total. The lowest BCUT2D eigenvalue weighted by Crippen LogP contribution is -2.45. The van der Waals surface area contributed by atoms with Gasteiger partial charge >= 0.3 is 5.97 Å². The molecule has 0 bridgehead atoms. The van der Waals surface area contributed by atoms with Gasteiger partial charge in [-0.3, -0.25) is 0 Å². The fraction of sp³-hybridized carbons (Fsp3) is 0.462. The van der Waals surface area contributed by atoms with E-state index in [0.29, 0.717) is 17.9 Å². The Hall–Kier alpha value is -1.75. The SMILES string of the molecule is COC1(CNc2ccc(N)cc2C(=O)O)CCC1. The summed E-state index contributed by atoms with van der Waals surface area (Å²) in [6.07, 6.45) is 3.17. The third-order valence-electron chi connectivity index (χ3n) is 3.57. The van der Waals surface area contributed by atoms with Gasteiger partial charge in [-0.2, -0.15) is 0 Å². The van der Waals surface area contributed by atoms with Gasteiger partial charge in [0.05, 0.1) is 11.2 Å². The average molecular weight is 250 g/mol. The molecule has 1 aliphatic rings. The van der Waals surface area contributed by atoms with Crippen LogP contribution < -0.4 is 11.1 Å². The highest BCUT2D eigenvalue weighted by Crippen LogP contribution is 2.35. The van der Waals surface area contributed by atoms with Gasteiger partial charge in [-0.05, 0) is 37.5 Å². The van der Waals surface area contributed by atoms with Crippen molar-refractivity contribution in [2.24, 2.45) is 0 Å². The normalized spacial score (nSPS) is 16.9. The number of nitrogens with two attached hydrogens (primary N) is 1. The molecule has 0 atom stereocenters. The summed E-state index contributed by atoms with van der Waals surface area (Å²) >= 11 is 0. The zero-order valence-electron chi connectivity index (χ0n) is 10.4. The molecule has 5 nitrogen and oxygen atoms in total. The van der Waals surface area contributed by atoms with Gasteiger partial charge in [0, 0.05) is 25.0 Å². The van der Waals surface area contributed by atoms with Gasteiger partial charge in [0.15, 0.2) is 0 Å². The zero-order valence-corrected chi connectivity index (χ0v) is 10.4. The second-order valence-electron chi connectivity index (χ2n) is 4.70. The predicted molar refractivity (Wildman–Crippen MR) is 69.9 cm³/mol. The largest absolute Gasteiger partial charge is 0.478 e.